The van der Waals surface area contributed by atoms with Crippen LogP contribution in [0.2, 0.25) is 0 Å². The second-order valence-electron chi connectivity index (χ2n) is 4.00. The Balaban J connectivity index is 2.17. The average molecular weight is 283 g/mol. The number of nitrogens with two attached hydrogens (primary N) is 1. The number of rotatable bonds is 10. The number of nitrogens with one attached hydrogen (secondary N) is 1. The topological polar surface area (TPSA) is 95.7 Å². The molecule has 1 heterocycles. The first-order chi connectivity index (χ1) is 9.77. The van der Waals surface area contributed by atoms with Crippen molar-refractivity contribution in [3.8, 4) is 0 Å². The molecule has 1 amide bonds. The molecular weight excluding hydrogens is 262 g/mol. The highest BCUT2D eigenvalue weighted by molar-refractivity contribution is 5.91. The van der Waals surface area contributed by atoms with Crippen molar-refractivity contribution in [2.75, 3.05) is 33.5 Å². The van der Waals surface area contributed by atoms with Crippen molar-refractivity contribution in [2.24, 2.45) is 5.84 Å². The molecule has 0 spiro atoms. The maximum Gasteiger partial charge on any atom is 0.283 e. The molecule has 0 aliphatic carbocycles. The third-order valence-corrected chi connectivity index (χ3v) is 2.43. The highest BCUT2D eigenvalue weighted by atomic mass is 16.5. The van der Waals surface area contributed by atoms with Crippen LogP contribution in [0.5, 0.6) is 0 Å². The lowest BCUT2D eigenvalue weighted by Gasteiger charge is -2.06. The predicted octanol–water partition coefficient (Wildman–Crippen LogP) is 0.255. The van der Waals surface area contributed by atoms with Gasteiger partial charge in [0.05, 0.1) is 25.5 Å². The maximum absolute atomic E-state index is 11.3. The molecule has 0 saturated carbocycles. The maximum atomic E-state index is 11.3. The zero-order chi connectivity index (χ0) is 14.6. The van der Waals surface area contributed by atoms with E-state index in [2.05, 4.69) is 4.98 Å². The fourth-order valence-electron chi connectivity index (χ4n) is 1.46. The first kappa shape index (κ1) is 16.5. The number of ether oxygens (including phenoxy) is 3. The summed E-state index contributed by atoms with van der Waals surface area (Å²) in [7, 11) is 1.66. The van der Waals surface area contributed by atoms with E-state index in [1.54, 1.807) is 25.3 Å². The minimum absolute atomic E-state index is 0.268. The number of hydrazine groups is 1. The Morgan fingerprint density at radius 1 is 1.25 bits per heavy atom. The van der Waals surface area contributed by atoms with E-state index in [0.717, 1.165) is 6.42 Å². The van der Waals surface area contributed by atoms with Gasteiger partial charge in [0.25, 0.3) is 5.91 Å². The van der Waals surface area contributed by atoms with Crippen molar-refractivity contribution in [3.63, 3.8) is 0 Å². The van der Waals surface area contributed by atoms with Crippen LogP contribution in [-0.4, -0.2) is 44.4 Å². The summed E-state index contributed by atoms with van der Waals surface area (Å²) in [4.78, 5) is 15.4. The summed E-state index contributed by atoms with van der Waals surface area (Å²) in [5.41, 5.74) is 2.98. The van der Waals surface area contributed by atoms with Crippen LogP contribution in [0.25, 0.3) is 0 Å². The van der Waals surface area contributed by atoms with Crippen LogP contribution < -0.4 is 11.3 Å². The van der Waals surface area contributed by atoms with E-state index < -0.39 is 5.91 Å². The Hall–Kier alpha value is -1.54. The Labute approximate surface area is 118 Å². The summed E-state index contributed by atoms with van der Waals surface area (Å²) in [6.07, 6.45) is 0.869. The molecule has 0 aromatic carbocycles. The van der Waals surface area contributed by atoms with Crippen molar-refractivity contribution in [2.45, 2.75) is 13.0 Å². The van der Waals surface area contributed by atoms with Gasteiger partial charge in [-0.2, -0.15) is 0 Å². The van der Waals surface area contributed by atoms with Gasteiger partial charge in [-0.25, -0.2) is 10.8 Å². The van der Waals surface area contributed by atoms with Crippen molar-refractivity contribution >= 4 is 5.91 Å². The first-order valence-corrected chi connectivity index (χ1v) is 6.39. The second-order valence-corrected chi connectivity index (χ2v) is 4.00. The van der Waals surface area contributed by atoms with Gasteiger partial charge >= 0.3 is 0 Å². The van der Waals surface area contributed by atoms with Crippen LogP contribution in [0.3, 0.4) is 0 Å². The van der Waals surface area contributed by atoms with E-state index in [9.17, 15) is 4.79 Å². The summed E-state index contributed by atoms with van der Waals surface area (Å²) in [5, 5.41) is 0. The van der Waals surface area contributed by atoms with E-state index in [1.807, 2.05) is 5.43 Å². The Kier molecular flexibility index (Phi) is 8.48. The summed E-state index contributed by atoms with van der Waals surface area (Å²) in [6, 6.07) is 5.11. The number of aromatic nitrogens is 1. The molecule has 0 unspecified atom stereocenters. The number of amides is 1. The Morgan fingerprint density at radius 2 is 2.05 bits per heavy atom. The van der Waals surface area contributed by atoms with Crippen molar-refractivity contribution in [1.82, 2.24) is 10.4 Å². The van der Waals surface area contributed by atoms with Crippen LogP contribution in [0.15, 0.2) is 18.2 Å². The van der Waals surface area contributed by atoms with E-state index >= 15 is 0 Å². The van der Waals surface area contributed by atoms with E-state index in [4.69, 9.17) is 20.1 Å². The lowest BCUT2D eigenvalue weighted by atomic mass is 10.3. The molecule has 0 radical (unpaired) electrons. The molecule has 0 bridgehead atoms. The Morgan fingerprint density at radius 3 is 2.80 bits per heavy atom. The molecule has 0 aliphatic heterocycles. The molecule has 0 saturated heterocycles. The van der Waals surface area contributed by atoms with Gasteiger partial charge in [-0.1, -0.05) is 6.07 Å². The summed E-state index contributed by atoms with van der Waals surface area (Å²) < 4.78 is 15.7. The SMILES string of the molecule is COCCCOCCOCc1cccc(C(=O)NN)n1. The van der Waals surface area contributed by atoms with Crippen LogP contribution in [0.4, 0.5) is 0 Å². The summed E-state index contributed by atoms with van der Waals surface area (Å²) in [5.74, 6) is 4.62. The minimum atomic E-state index is -0.423. The molecule has 20 heavy (non-hydrogen) atoms. The molecule has 112 valence electrons. The third-order valence-electron chi connectivity index (χ3n) is 2.43. The van der Waals surface area contributed by atoms with Gasteiger partial charge in [0.1, 0.15) is 5.69 Å². The lowest BCUT2D eigenvalue weighted by Crippen LogP contribution is -2.30. The van der Waals surface area contributed by atoms with Crippen LogP contribution >= 0.6 is 0 Å². The van der Waals surface area contributed by atoms with Crippen LogP contribution in [0.1, 0.15) is 22.6 Å². The van der Waals surface area contributed by atoms with Crippen LogP contribution in [-0.2, 0) is 20.8 Å². The van der Waals surface area contributed by atoms with Crippen molar-refractivity contribution in [3.05, 3.63) is 29.6 Å². The number of hydrogen-bond acceptors (Lipinski definition) is 6. The summed E-state index contributed by atoms with van der Waals surface area (Å²) >= 11 is 0. The molecule has 7 heteroatoms. The summed E-state index contributed by atoms with van der Waals surface area (Å²) in [6.45, 7) is 2.67. The normalized spacial score (nSPS) is 10.5. The molecule has 0 aliphatic rings. The highest BCUT2D eigenvalue weighted by Gasteiger charge is 2.05. The number of nitrogen functional groups attached to an aromatic ring is 1. The first-order valence-electron chi connectivity index (χ1n) is 6.39. The Bertz CT molecular complexity index is 401. The number of hydrogen-bond donors (Lipinski definition) is 2. The van der Waals surface area contributed by atoms with E-state index in [-0.39, 0.29) is 5.69 Å². The number of pyridine rings is 1. The smallest absolute Gasteiger partial charge is 0.283 e. The molecular formula is C13H21N3O4. The monoisotopic (exact) mass is 283 g/mol. The number of carbonyl (C=O) groups is 1. The standard InChI is InChI=1S/C13H21N3O4/c1-18-6-3-7-19-8-9-20-10-11-4-2-5-12(15-11)13(17)16-14/h2,4-5H,3,6-10,14H2,1H3,(H,16,17). The quantitative estimate of drug-likeness (QED) is 0.277. The van der Waals surface area contributed by atoms with E-state index in [0.29, 0.717) is 38.7 Å². The van der Waals surface area contributed by atoms with Crippen molar-refractivity contribution < 1.29 is 19.0 Å². The van der Waals surface area contributed by atoms with Gasteiger partial charge in [0.2, 0.25) is 0 Å². The molecule has 7 nitrogen and oxygen atoms in total. The fraction of sp³-hybridized carbons (Fsp3) is 0.538. The minimum Gasteiger partial charge on any atom is -0.385 e. The van der Waals surface area contributed by atoms with Gasteiger partial charge < -0.3 is 14.2 Å². The van der Waals surface area contributed by atoms with Crippen LogP contribution in [0, 0.1) is 0 Å². The fourth-order valence-corrected chi connectivity index (χ4v) is 1.46. The van der Waals surface area contributed by atoms with Crippen molar-refractivity contribution in [1.29, 1.82) is 0 Å². The number of methoxy groups -OCH3 is 1. The predicted molar refractivity (Wildman–Crippen MR) is 72.9 cm³/mol. The molecule has 1 aromatic rings. The average Bonchev–Trinajstić information content (AvgIpc) is 2.49. The van der Waals surface area contributed by atoms with E-state index in [1.165, 1.54) is 0 Å². The second kappa shape index (κ2) is 10.3. The molecule has 3 N–H and O–H groups in total. The van der Waals surface area contributed by atoms with Gasteiger partial charge in [-0.05, 0) is 18.6 Å². The zero-order valence-corrected chi connectivity index (χ0v) is 11.6. The molecule has 1 rings (SSSR count). The molecule has 1 aromatic heterocycles. The number of nitrogens with zero attached hydrogens (tertiary/aromatic N) is 1. The lowest BCUT2D eigenvalue weighted by molar-refractivity contribution is 0.0327. The third kappa shape index (κ3) is 6.58. The highest BCUT2D eigenvalue weighted by Crippen LogP contribution is 2.01. The number of carbonyl (C=O) groups excluding carboxylic acids is 1. The zero-order valence-electron chi connectivity index (χ0n) is 11.6. The molecule has 0 atom stereocenters. The molecule has 0 fully saturated rings. The van der Waals surface area contributed by atoms with Gasteiger partial charge in [-0.15, -0.1) is 0 Å². The van der Waals surface area contributed by atoms with Gasteiger partial charge in [-0.3, -0.25) is 10.2 Å². The van der Waals surface area contributed by atoms with Gasteiger partial charge in [0.15, 0.2) is 0 Å². The largest absolute Gasteiger partial charge is 0.385 e. The van der Waals surface area contributed by atoms with Gasteiger partial charge in [0, 0.05) is 20.3 Å².